The van der Waals surface area contributed by atoms with Gasteiger partial charge in [0.2, 0.25) is 10.0 Å². The smallest absolute Gasteiger partial charge is 0.321 e. The number of amides is 1. The standard InChI is InChI=1S/C19H20N2O5S/c22-18(21-16-10-9-14-5-4-6-15(14)11-16)13-26-19(23)12-20-27(24,25)17-7-2-1-3-8-17/h1-3,7-11,20H,4-6,12-13H2,(H,21,22). The van der Waals surface area contributed by atoms with Crippen molar-refractivity contribution >= 4 is 27.6 Å². The molecule has 3 rings (SSSR count). The summed E-state index contributed by atoms with van der Waals surface area (Å²) in [7, 11) is -3.80. The lowest BCUT2D eigenvalue weighted by molar-refractivity contribution is -0.146. The molecule has 0 aliphatic heterocycles. The van der Waals surface area contributed by atoms with E-state index < -0.39 is 35.1 Å². The highest BCUT2D eigenvalue weighted by molar-refractivity contribution is 7.89. The number of carbonyl (C=O) groups excluding carboxylic acids is 2. The number of carbonyl (C=O) groups is 2. The van der Waals surface area contributed by atoms with Crippen LogP contribution in [-0.2, 0) is 37.2 Å². The van der Waals surface area contributed by atoms with E-state index in [2.05, 4.69) is 10.0 Å². The van der Waals surface area contributed by atoms with Gasteiger partial charge in [0, 0.05) is 5.69 Å². The first kappa shape index (κ1) is 19.1. The molecule has 0 saturated carbocycles. The highest BCUT2D eigenvalue weighted by Gasteiger charge is 2.16. The quantitative estimate of drug-likeness (QED) is 0.702. The molecule has 142 valence electrons. The van der Waals surface area contributed by atoms with Crippen molar-refractivity contribution < 1.29 is 22.7 Å². The Kier molecular flexibility index (Phi) is 5.88. The zero-order chi connectivity index (χ0) is 19.3. The molecule has 0 fully saturated rings. The summed E-state index contributed by atoms with van der Waals surface area (Å²) in [5.41, 5.74) is 3.17. The number of rotatable bonds is 7. The maximum absolute atomic E-state index is 12.0. The Hall–Kier alpha value is -2.71. The number of benzene rings is 2. The van der Waals surface area contributed by atoms with Crippen LogP contribution < -0.4 is 10.0 Å². The topological polar surface area (TPSA) is 102 Å². The van der Waals surface area contributed by atoms with Gasteiger partial charge in [-0.15, -0.1) is 0 Å². The maximum atomic E-state index is 12.0. The Bertz CT molecular complexity index is 942. The molecule has 1 aliphatic rings. The Morgan fingerprint density at radius 2 is 1.74 bits per heavy atom. The largest absolute Gasteiger partial charge is 0.455 e. The Morgan fingerprint density at radius 3 is 2.52 bits per heavy atom. The van der Waals surface area contributed by atoms with Crippen LogP contribution in [0.25, 0.3) is 0 Å². The first-order valence-electron chi connectivity index (χ1n) is 8.56. The number of sulfonamides is 1. The molecule has 0 radical (unpaired) electrons. The van der Waals surface area contributed by atoms with E-state index in [0.29, 0.717) is 5.69 Å². The van der Waals surface area contributed by atoms with Crippen LogP contribution in [0.15, 0.2) is 53.4 Å². The predicted molar refractivity (Wildman–Crippen MR) is 99.7 cm³/mol. The molecular weight excluding hydrogens is 368 g/mol. The molecule has 1 amide bonds. The van der Waals surface area contributed by atoms with Gasteiger partial charge >= 0.3 is 5.97 Å². The number of aryl methyl sites for hydroxylation is 2. The van der Waals surface area contributed by atoms with Gasteiger partial charge in [-0.3, -0.25) is 9.59 Å². The summed E-state index contributed by atoms with van der Waals surface area (Å²) in [6.07, 6.45) is 3.17. The number of esters is 1. The molecule has 0 atom stereocenters. The van der Waals surface area contributed by atoms with Crippen molar-refractivity contribution in [2.75, 3.05) is 18.5 Å². The van der Waals surface area contributed by atoms with Gasteiger partial charge in [0.1, 0.15) is 6.54 Å². The SMILES string of the molecule is O=C(COC(=O)CNS(=O)(=O)c1ccccc1)Nc1ccc2c(c1)CCC2. The van der Waals surface area contributed by atoms with Crippen molar-refractivity contribution in [2.24, 2.45) is 0 Å². The maximum Gasteiger partial charge on any atom is 0.321 e. The fraction of sp³-hybridized carbons (Fsp3) is 0.263. The van der Waals surface area contributed by atoms with Crippen molar-refractivity contribution in [3.05, 3.63) is 59.7 Å². The number of anilines is 1. The highest BCUT2D eigenvalue weighted by Crippen LogP contribution is 2.24. The zero-order valence-electron chi connectivity index (χ0n) is 14.6. The fourth-order valence-electron chi connectivity index (χ4n) is 2.88. The van der Waals surface area contributed by atoms with Crippen molar-refractivity contribution in [1.29, 1.82) is 0 Å². The van der Waals surface area contributed by atoms with Crippen molar-refractivity contribution in [3.63, 3.8) is 0 Å². The van der Waals surface area contributed by atoms with Crippen molar-refractivity contribution in [3.8, 4) is 0 Å². The summed E-state index contributed by atoms with van der Waals surface area (Å²) in [4.78, 5) is 23.7. The molecule has 0 spiro atoms. The fourth-order valence-corrected chi connectivity index (χ4v) is 3.87. The summed E-state index contributed by atoms with van der Waals surface area (Å²) in [5.74, 6) is -1.31. The number of hydrogen-bond acceptors (Lipinski definition) is 5. The summed E-state index contributed by atoms with van der Waals surface area (Å²) >= 11 is 0. The number of hydrogen-bond donors (Lipinski definition) is 2. The van der Waals surface area contributed by atoms with Crippen LogP contribution in [-0.4, -0.2) is 33.4 Å². The third-order valence-electron chi connectivity index (χ3n) is 4.21. The van der Waals surface area contributed by atoms with E-state index in [1.165, 1.54) is 23.3 Å². The van der Waals surface area contributed by atoms with Crippen molar-refractivity contribution in [1.82, 2.24) is 4.72 Å². The minimum atomic E-state index is -3.80. The van der Waals surface area contributed by atoms with Crippen molar-refractivity contribution in [2.45, 2.75) is 24.2 Å². The predicted octanol–water partition coefficient (Wildman–Crippen LogP) is 1.64. The summed E-state index contributed by atoms with van der Waals surface area (Å²) < 4.78 is 31.0. The van der Waals surface area contributed by atoms with Gasteiger partial charge in [-0.2, -0.15) is 4.72 Å². The van der Waals surface area contributed by atoms with Crippen LogP contribution in [0, 0.1) is 0 Å². The second kappa shape index (κ2) is 8.32. The molecule has 0 bridgehead atoms. The van der Waals surface area contributed by atoms with Crippen LogP contribution in [0.5, 0.6) is 0 Å². The van der Waals surface area contributed by atoms with Gasteiger partial charge < -0.3 is 10.1 Å². The number of ether oxygens (including phenoxy) is 1. The second-order valence-corrected chi connectivity index (χ2v) is 7.95. The van der Waals surface area contributed by atoms with Crippen LogP contribution in [0.2, 0.25) is 0 Å². The number of fused-ring (bicyclic) bond motifs is 1. The number of nitrogens with one attached hydrogen (secondary N) is 2. The van der Waals surface area contributed by atoms with E-state index in [-0.39, 0.29) is 4.90 Å². The molecule has 0 aromatic heterocycles. The summed E-state index contributed by atoms with van der Waals surface area (Å²) in [6, 6.07) is 13.4. The molecule has 27 heavy (non-hydrogen) atoms. The average molecular weight is 388 g/mol. The highest BCUT2D eigenvalue weighted by atomic mass is 32.2. The molecule has 0 saturated heterocycles. The Labute approximate surface area is 157 Å². The molecule has 2 N–H and O–H groups in total. The lowest BCUT2D eigenvalue weighted by Gasteiger charge is -2.09. The lowest BCUT2D eigenvalue weighted by Crippen LogP contribution is -2.32. The van der Waals surface area contributed by atoms with Crippen LogP contribution in [0.3, 0.4) is 0 Å². The first-order chi connectivity index (χ1) is 12.9. The van der Waals surface area contributed by atoms with E-state index >= 15 is 0 Å². The van der Waals surface area contributed by atoms with Gasteiger partial charge in [-0.1, -0.05) is 24.3 Å². The van der Waals surface area contributed by atoms with Gasteiger partial charge in [0.25, 0.3) is 5.91 Å². The minimum Gasteiger partial charge on any atom is -0.455 e. The third kappa shape index (κ3) is 5.15. The Morgan fingerprint density at radius 1 is 1.00 bits per heavy atom. The molecule has 8 heteroatoms. The van der Waals surface area contributed by atoms with E-state index in [1.807, 2.05) is 18.2 Å². The second-order valence-electron chi connectivity index (χ2n) is 6.18. The van der Waals surface area contributed by atoms with Gasteiger partial charge in [0.15, 0.2) is 6.61 Å². The van der Waals surface area contributed by atoms with Crippen LogP contribution in [0.4, 0.5) is 5.69 Å². The molecule has 0 unspecified atom stereocenters. The lowest BCUT2D eigenvalue weighted by atomic mass is 10.1. The van der Waals surface area contributed by atoms with Crippen LogP contribution in [0.1, 0.15) is 17.5 Å². The molecule has 0 heterocycles. The van der Waals surface area contributed by atoms with Gasteiger partial charge in [-0.05, 0) is 54.7 Å². The van der Waals surface area contributed by atoms with Gasteiger partial charge in [-0.25, -0.2) is 8.42 Å². The molecule has 7 nitrogen and oxygen atoms in total. The molecule has 1 aliphatic carbocycles. The molecular formula is C19H20N2O5S. The first-order valence-corrected chi connectivity index (χ1v) is 10.0. The molecule has 2 aromatic rings. The zero-order valence-corrected chi connectivity index (χ0v) is 15.4. The van der Waals surface area contributed by atoms with E-state index in [9.17, 15) is 18.0 Å². The van der Waals surface area contributed by atoms with E-state index in [4.69, 9.17) is 4.74 Å². The van der Waals surface area contributed by atoms with Gasteiger partial charge in [0.05, 0.1) is 4.90 Å². The molecule has 2 aromatic carbocycles. The van der Waals surface area contributed by atoms with Crippen LogP contribution >= 0.6 is 0 Å². The normalized spacial score (nSPS) is 13.0. The third-order valence-corrected chi connectivity index (χ3v) is 5.62. The summed E-state index contributed by atoms with van der Waals surface area (Å²) in [5, 5.41) is 2.67. The monoisotopic (exact) mass is 388 g/mol. The average Bonchev–Trinajstić information content (AvgIpc) is 3.13. The Balaban J connectivity index is 1.44. The van der Waals surface area contributed by atoms with E-state index in [1.54, 1.807) is 18.2 Å². The van der Waals surface area contributed by atoms with E-state index in [0.717, 1.165) is 19.3 Å². The summed E-state index contributed by atoms with van der Waals surface area (Å²) in [6.45, 7) is -1.04. The minimum absolute atomic E-state index is 0.0483.